The van der Waals surface area contributed by atoms with Crippen molar-refractivity contribution in [2.75, 3.05) is 33.4 Å². The maximum absolute atomic E-state index is 5.73. The van der Waals surface area contributed by atoms with Gasteiger partial charge in [0.1, 0.15) is 6.61 Å². The molecule has 1 heterocycles. The number of rotatable bonds is 6. The summed E-state index contributed by atoms with van der Waals surface area (Å²) >= 11 is 0. The lowest BCUT2D eigenvalue weighted by Gasteiger charge is -2.39. The lowest BCUT2D eigenvalue weighted by molar-refractivity contribution is -0.0746. The molecule has 1 aromatic rings. The Balaban J connectivity index is 1.74. The van der Waals surface area contributed by atoms with Crippen molar-refractivity contribution in [3.8, 4) is 11.5 Å². The summed E-state index contributed by atoms with van der Waals surface area (Å²) in [6, 6.07) is 7.62. The number of benzene rings is 1. The highest BCUT2D eigenvalue weighted by Crippen LogP contribution is 2.25. The van der Waals surface area contributed by atoms with E-state index in [2.05, 4.69) is 12.2 Å². The number of hydrogen-bond acceptors (Lipinski definition) is 4. The Morgan fingerprint density at radius 1 is 1.18 bits per heavy atom. The van der Waals surface area contributed by atoms with Crippen molar-refractivity contribution < 1.29 is 14.2 Å². The predicted octanol–water partition coefficient (Wildman–Crippen LogP) is 1.45. The van der Waals surface area contributed by atoms with Gasteiger partial charge in [-0.25, -0.2) is 0 Å². The molecule has 17 heavy (non-hydrogen) atoms. The fourth-order valence-electron chi connectivity index (χ4n) is 1.76. The Hall–Kier alpha value is -1.26. The molecule has 0 saturated carbocycles. The maximum Gasteiger partial charge on any atom is 0.161 e. The van der Waals surface area contributed by atoms with Gasteiger partial charge in [0.2, 0.25) is 0 Å². The molecule has 0 radical (unpaired) electrons. The third-order valence-corrected chi connectivity index (χ3v) is 2.86. The molecule has 1 aliphatic rings. The highest BCUT2D eigenvalue weighted by molar-refractivity contribution is 5.39. The summed E-state index contributed by atoms with van der Waals surface area (Å²) in [5.41, 5.74) is -0.00979. The lowest BCUT2D eigenvalue weighted by Crippen LogP contribution is -2.59. The molecule has 0 bridgehead atoms. The summed E-state index contributed by atoms with van der Waals surface area (Å²) in [6.07, 6.45) is 0. The fraction of sp³-hybridized carbons (Fsp3) is 0.538. The van der Waals surface area contributed by atoms with E-state index in [0.717, 1.165) is 24.6 Å². The first-order chi connectivity index (χ1) is 8.23. The van der Waals surface area contributed by atoms with Gasteiger partial charge in [0.15, 0.2) is 11.5 Å². The molecule has 1 N–H and O–H groups in total. The van der Waals surface area contributed by atoms with Gasteiger partial charge in [-0.3, -0.25) is 0 Å². The third kappa shape index (κ3) is 3.11. The monoisotopic (exact) mass is 237 g/mol. The molecule has 94 valence electrons. The molecule has 1 saturated heterocycles. The van der Waals surface area contributed by atoms with Crippen molar-refractivity contribution in [3.63, 3.8) is 0 Å². The van der Waals surface area contributed by atoms with Crippen molar-refractivity contribution in [3.05, 3.63) is 24.3 Å². The van der Waals surface area contributed by atoms with E-state index in [1.807, 2.05) is 24.3 Å². The Bertz CT molecular complexity index is 363. The molecule has 0 unspecified atom stereocenters. The summed E-state index contributed by atoms with van der Waals surface area (Å²) in [7, 11) is 1.64. The zero-order valence-electron chi connectivity index (χ0n) is 10.4. The van der Waals surface area contributed by atoms with E-state index < -0.39 is 0 Å². The zero-order valence-corrected chi connectivity index (χ0v) is 10.4. The first-order valence-corrected chi connectivity index (χ1v) is 5.84. The van der Waals surface area contributed by atoms with E-state index in [9.17, 15) is 0 Å². The number of hydrogen-bond donors (Lipinski definition) is 1. The summed E-state index contributed by atoms with van der Waals surface area (Å²) < 4.78 is 16.6. The van der Waals surface area contributed by atoms with Crippen molar-refractivity contribution in [2.24, 2.45) is 0 Å². The number of ether oxygens (including phenoxy) is 3. The average molecular weight is 237 g/mol. The van der Waals surface area contributed by atoms with Crippen molar-refractivity contribution >= 4 is 0 Å². The molecule has 1 aromatic carbocycles. The Labute approximate surface area is 102 Å². The molecule has 0 spiro atoms. The molecule has 0 aliphatic carbocycles. The van der Waals surface area contributed by atoms with Gasteiger partial charge < -0.3 is 19.5 Å². The second-order valence-electron chi connectivity index (χ2n) is 4.40. The first-order valence-electron chi connectivity index (χ1n) is 5.84. The van der Waals surface area contributed by atoms with Crippen LogP contribution in [0.5, 0.6) is 11.5 Å². The van der Waals surface area contributed by atoms with Gasteiger partial charge >= 0.3 is 0 Å². The van der Waals surface area contributed by atoms with Gasteiger partial charge in [-0.2, -0.15) is 0 Å². The molecule has 0 aromatic heterocycles. The summed E-state index contributed by atoms with van der Waals surface area (Å²) in [4.78, 5) is 0. The van der Waals surface area contributed by atoms with Crippen LogP contribution in [0.15, 0.2) is 24.3 Å². The minimum Gasteiger partial charge on any atom is -0.493 e. The average Bonchev–Trinajstić information content (AvgIpc) is 2.33. The van der Waals surface area contributed by atoms with E-state index in [1.54, 1.807) is 7.11 Å². The molecule has 4 heteroatoms. The van der Waals surface area contributed by atoms with Crippen LogP contribution in [0.3, 0.4) is 0 Å². The highest BCUT2D eigenvalue weighted by atomic mass is 16.5. The van der Waals surface area contributed by atoms with Crippen LogP contribution < -0.4 is 14.8 Å². The van der Waals surface area contributed by atoms with E-state index in [0.29, 0.717) is 13.2 Å². The highest BCUT2D eigenvalue weighted by Gasteiger charge is 2.32. The van der Waals surface area contributed by atoms with Crippen LogP contribution in [0.1, 0.15) is 6.92 Å². The van der Waals surface area contributed by atoms with Crippen LogP contribution in [0.25, 0.3) is 0 Å². The van der Waals surface area contributed by atoms with Gasteiger partial charge in [-0.05, 0) is 19.1 Å². The van der Waals surface area contributed by atoms with Crippen LogP contribution in [0.2, 0.25) is 0 Å². The van der Waals surface area contributed by atoms with E-state index in [4.69, 9.17) is 14.2 Å². The lowest BCUT2D eigenvalue weighted by atomic mass is 10.0. The topological polar surface area (TPSA) is 39.7 Å². The predicted molar refractivity (Wildman–Crippen MR) is 65.7 cm³/mol. The van der Waals surface area contributed by atoms with Crippen LogP contribution in [-0.4, -0.2) is 39.0 Å². The second-order valence-corrected chi connectivity index (χ2v) is 4.40. The molecule has 1 fully saturated rings. The Morgan fingerprint density at radius 3 is 2.47 bits per heavy atom. The quantitative estimate of drug-likeness (QED) is 0.760. The summed E-state index contributed by atoms with van der Waals surface area (Å²) in [6.45, 7) is 5.07. The molecular weight excluding hydrogens is 218 g/mol. The SMILES string of the molecule is COc1ccccc1OCCOC1(C)CNC1. The van der Waals surface area contributed by atoms with Crippen molar-refractivity contribution in [1.82, 2.24) is 5.32 Å². The molecule has 0 amide bonds. The normalized spacial score (nSPS) is 17.3. The standard InChI is InChI=1S/C13H19NO3/c1-13(9-14-10-13)17-8-7-16-12-6-4-3-5-11(12)15-2/h3-6,14H,7-10H2,1-2H3. The number of nitrogens with one attached hydrogen (secondary N) is 1. The molecule has 2 rings (SSSR count). The molecule has 4 nitrogen and oxygen atoms in total. The van der Waals surface area contributed by atoms with Crippen molar-refractivity contribution in [1.29, 1.82) is 0 Å². The molecule has 0 atom stereocenters. The van der Waals surface area contributed by atoms with E-state index in [-0.39, 0.29) is 5.60 Å². The van der Waals surface area contributed by atoms with Gasteiger partial charge in [0.25, 0.3) is 0 Å². The molecular formula is C13H19NO3. The Kier molecular flexibility index (Phi) is 3.86. The third-order valence-electron chi connectivity index (χ3n) is 2.86. The van der Waals surface area contributed by atoms with Gasteiger partial charge in [-0.1, -0.05) is 12.1 Å². The van der Waals surface area contributed by atoms with Crippen LogP contribution in [0.4, 0.5) is 0 Å². The Morgan fingerprint density at radius 2 is 1.88 bits per heavy atom. The van der Waals surface area contributed by atoms with Crippen LogP contribution >= 0.6 is 0 Å². The minimum atomic E-state index is -0.00979. The summed E-state index contributed by atoms with van der Waals surface area (Å²) in [5.74, 6) is 1.51. The van der Waals surface area contributed by atoms with Gasteiger partial charge in [-0.15, -0.1) is 0 Å². The summed E-state index contributed by atoms with van der Waals surface area (Å²) in [5, 5.41) is 3.19. The second kappa shape index (κ2) is 5.38. The van der Waals surface area contributed by atoms with Crippen molar-refractivity contribution in [2.45, 2.75) is 12.5 Å². The maximum atomic E-state index is 5.73. The van der Waals surface area contributed by atoms with E-state index in [1.165, 1.54) is 0 Å². The first kappa shape index (κ1) is 12.2. The van der Waals surface area contributed by atoms with Gasteiger partial charge in [0, 0.05) is 13.1 Å². The van der Waals surface area contributed by atoms with Crippen LogP contribution in [-0.2, 0) is 4.74 Å². The fourth-order valence-corrected chi connectivity index (χ4v) is 1.76. The van der Waals surface area contributed by atoms with Crippen LogP contribution in [0, 0.1) is 0 Å². The van der Waals surface area contributed by atoms with E-state index >= 15 is 0 Å². The number of para-hydroxylation sites is 2. The number of methoxy groups -OCH3 is 1. The smallest absolute Gasteiger partial charge is 0.161 e. The molecule has 1 aliphatic heterocycles. The minimum absolute atomic E-state index is 0.00979. The zero-order chi connectivity index (χ0) is 12.1. The van der Waals surface area contributed by atoms with Gasteiger partial charge in [0.05, 0.1) is 19.3 Å². The largest absolute Gasteiger partial charge is 0.493 e.